The normalized spacial score (nSPS) is 21.9. The van der Waals surface area contributed by atoms with Crippen molar-refractivity contribution in [2.75, 3.05) is 18.8 Å². The van der Waals surface area contributed by atoms with Crippen LogP contribution >= 0.6 is 11.3 Å². The third-order valence-corrected chi connectivity index (χ3v) is 5.17. The quantitative estimate of drug-likeness (QED) is 0.870. The molecule has 1 aliphatic rings. The van der Waals surface area contributed by atoms with Crippen LogP contribution in [0.3, 0.4) is 0 Å². The van der Waals surface area contributed by atoms with Crippen LogP contribution in [-0.4, -0.2) is 34.8 Å². The molecule has 1 unspecified atom stereocenters. The zero-order chi connectivity index (χ0) is 15.2. The second-order valence-electron chi connectivity index (χ2n) is 5.60. The van der Waals surface area contributed by atoms with E-state index >= 15 is 0 Å². The lowest BCUT2D eigenvalue weighted by atomic mass is 9.89. The molecule has 2 amide bonds. The molecule has 110 valence electrons. The molecule has 0 spiro atoms. The van der Waals surface area contributed by atoms with E-state index < -0.39 is 5.41 Å². The van der Waals surface area contributed by atoms with Gasteiger partial charge in [-0.2, -0.15) is 0 Å². The smallest absolute Gasteiger partial charge is 0.266 e. The number of nitrogen functional groups attached to an aromatic ring is 1. The number of nitrogens with zero attached hydrogens (tertiary/aromatic N) is 2. The van der Waals surface area contributed by atoms with Crippen LogP contribution in [0.5, 0.6) is 0 Å². The summed E-state index contributed by atoms with van der Waals surface area (Å²) >= 11 is 1.28. The molecule has 1 fully saturated rings. The van der Waals surface area contributed by atoms with E-state index in [2.05, 4.69) is 4.98 Å². The highest BCUT2D eigenvalue weighted by Crippen LogP contribution is 2.36. The minimum Gasteiger partial charge on any atom is -0.397 e. The summed E-state index contributed by atoms with van der Waals surface area (Å²) in [5.74, 6) is -0.524. The summed E-state index contributed by atoms with van der Waals surface area (Å²) < 4.78 is 0. The summed E-state index contributed by atoms with van der Waals surface area (Å²) in [6, 6.07) is 3.64. The minimum atomic E-state index is -0.653. The fraction of sp³-hybridized carbons (Fsp3) is 0.357. The van der Waals surface area contributed by atoms with Gasteiger partial charge in [-0.15, -0.1) is 11.3 Å². The summed E-state index contributed by atoms with van der Waals surface area (Å²) in [4.78, 5) is 31.2. The summed E-state index contributed by atoms with van der Waals surface area (Å²) in [6.07, 6.45) is 2.25. The number of thiophene rings is 1. The topological polar surface area (TPSA) is 102 Å². The lowest BCUT2D eigenvalue weighted by Crippen LogP contribution is -2.38. The van der Waals surface area contributed by atoms with Crippen LogP contribution in [0.15, 0.2) is 18.3 Å². The average Bonchev–Trinajstić information content (AvgIpc) is 3.01. The van der Waals surface area contributed by atoms with Crippen molar-refractivity contribution in [2.24, 2.45) is 11.1 Å². The molecule has 1 atom stereocenters. The number of hydrogen-bond donors (Lipinski definition) is 2. The number of hydrogen-bond acceptors (Lipinski definition) is 5. The van der Waals surface area contributed by atoms with Crippen molar-refractivity contribution in [3.05, 3.63) is 23.2 Å². The molecule has 0 aliphatic carbocycles. The van der Waals surface area contributed by atoms with Crippen molar-refractivity contribution in [3.63, 3.8) is 0 Å². The first-order valence-electron chi connectivity index (χ1n) is 6.64. The third kappa shape index (κ3) is 2.13. The summed E-state index contributed by atoms with van der Waals surface area (Å²) in [7, 11) is 0. The zero-order valence-electron chi connectivity index (χ0n) is 11.6. The van der Waals surface area contributed by atoms with Gasteiger partial charge in [0.1, 0.15) is 9.71 Å². The van der Waals surface area contributed by atoms with Gasteiger partial charge < -0.3 is 16.4 Å². The largest absolute Gasteiger partial charge is 0.397 e. The highest BCUT2D eigenvalue weighted by atomic mass is 32.1. The van der Waals surface area contributed by atoms with Crippen molar-refractivity contribution < 1.29 is 9.59 Å². The first-order chi connectivity index (χ1) is 9.92. The number of aromatic nitrogens is 1. The van der Waals surface area contributed by atoms with Crippen LogP contribution in [0.25, 0.3) is 10.2 Å². The van der Waals surface area contributed by atoms with Gasteiger partial charge in [-0.3, -0.25) is 9.59 Å². The van der Waals surface area contributed by atoms with E-state index in [1.807, 2.05) is 6.07 Å². The van der Waals surface area contributed by atoms with Crippen molar-refractivity contribution in [2.45, 2.75) is 13.3 Å². The van der Waals surface area contributed by atoms with Gasteiger partial charge in [0, 0.05) is 24.7 Å². The van der Waals surface area contributed by atoms with Crippen molar-refractivity contribution in [1.29, 1.82) is 0 Å². The molecule has 1 saturated heterocycles. The third-order valence-electron chi connectivity index (χ3n) is 4.05. The van der Waals surface area contributed by atoms with Crippen molar-refractivity contribution in [1.82, 2.24) is 9.88 Å². The molecule has 0 bridgehead atoms. The van der Waals surface area contributed by atoms with Crippen LogP contribution in [0, 0.1) is 5.41 Å². The zero-order valence-corrected chi connectivity index (χ0v) is 12.4. The number of carbonyl (C=O) groups is 2. The fourth-order valence-electron chi connectivity index (χ4n) is 2.59. The number of pyridine rings is 1. The number of anilines is 1. The predicted octanol–water partition coefficient (Wildman–Crippen LogP) is 1.22. The molecule has 7 heteroatoms. The fourth-order valence-corrected chi connectivity index (χ4v) is 3.62. The number of amides is 2. The van der Waals surface area contributed by atoms with E-state index in [1.165, 1.54) is 11.3 Å². The Hall–Kier alpha value is -2.15. The number of primary amides is 1. The van der Waals surface area contributed by atoms with Gasteiger partial charge in [-0.25, -0.2) is 4.98 Å². The number of carbonyl (C=O) groups excluding carboxylic acids is 2. The standard InChI is InChI=1S/C14H16N4O2S/c1-14(13(16)20)4-6-18(7-14)12(19)10-9(15)8-3-2-5-17-11(8)21-10/h2-3,5H,4,6-7,15H2,1H3,(H2,16,20). The Morgan fingerprint density at radius 2 is 2.24 bits per heavy atom. The number of rotatable bonds is 2. The first-order valence-corrected chi connectivity index (χ1v) is 7.46. The molecule has 21 heavy (non-hydrogen) atoms. The highest BCUT2D eigenvalue weighted by Gasteiger charge is 2.41. The molecule has 0 saturated carbocycles. The highest BCUT2D eigenvalue weighted by molar-refractivity contribution is 7.21. The van der Waals surface area contributed by atoms with Gasteiger partial charge in [-0.1, -0.05) is 0 Å². The summed E-state index contributed by atoms with van der Waals surface area (Å²) in [5, 5.41) is 0.794. The van der Waals surface area contributed by atoms with Crippen LogP contribution in [0.4, 0.5) is 5.69 Å². The number of fused-ring (bicyclic) bond motifs is 1. The number of likely N-dealkylation sites (tertiary alicyclic amines) is 1. The molecule has 3 heterocycles. The molecule has 1 aliphatic heterocycles. The Morgan fingerprint density at radius 3 is 2.86 bits per heavy atom. The molecule has 3 rings (SSSR count). The second kappa shape index (κ2) is 4.70. The van der Waals surface area contributed by atoms with E-state index in [1.54, 1.807) is 24.1 Å². The van der Waals surface area contributed by atoms with Gasteiger partial charge in [-0.05, 0) is 25.5 Å². The molecular weight excluding hydrogens is 288 g/mol. The maximum Gasteiger partial charge on any atom is 0.266 e. The lowest BCUT2D eigenvalue weighted by Gasteiger charge is -2.20. The summed E-state index contributed by atoms with van der Waals surface area (Å²) in [5.41, 5.74) is 11.3. The Morgan fingerprint density at radius 1 is 1.48 bits per heavy atom. The second-order valence-corrected chi connectivity index (χ2v) is 6.60. The maximum absolute atomic E-state index is 12.6. The molecule has 0 aromatic carbocycles. The number of nitrogens with two attached hydrogens (primary N) is 2. The van der Waals surface area contributed by atoms with Crippen molar-refractivity contribution >= 4 is 39.1 Å². The Kier molecular flexibility index (Phi) is 3.09. The van der Waals surface area contributed by atoms with E-state index in [9.17, 15) is 9.59 Å². The van der Waals surface area contributed by atoms with E-state index in [0.29, 0.717) is 30.1 Å². The SMILES string of the molecule is CC1(C(N)=O)CCN(C(=O)c2sc3ncccc3c2N)C1. The monoisotopic (exact) mass is 304 g/mol. The predicted molar refractivity (Wildman–Crippen MR) is 81.9 cm³/mol. The van der Waals surface area contributed by atoms with E-state index in [0.717, 1.165) is 10.2 Å². The van der Waals surface area contributed by atoms with Crippen LogP contribution < -0.4 is 11.5 Å². The molecule has 0 radical (unpaired) electrons. The van der Waals surface area contributed by atoms with Crippen LogP contribution in [0.1, 0.15) is 23.0 Å². The minimum absolute atomic E-state index is 0.152. The summed E-state index contributed by atoms with van der Waals surface area (Å²) in [6.45, 7) is 2.64. The maximum atomic E-state index is 12.6. The van der Waals surface area contributed by atoms with E-state index in [-0.39, 0.29) is 11.8 Å². The van der Waals surface area contributed by atoms with Gasteiger partial charge in [0.05, 0.1) is 11.1 Å². The molecular formula is C14H16N4O2S. The Bertz CT molecular complexity index is 742. The Labute approximate surface area is 125 Å². The molecule has 2 aromatic heterocycles. The van der Waals surface area contributed by atoms with E-state index in [4.69, 9.17) is 11.5 Å². The molecule has 6 nitrogen and oxygen atoms in total. The Balaban J connectivity index is 1.92. The van der Waals surface area contributed by atoms with Gasteiger partial charge in [0.15, 0.2) is 0 Å². The van der Waals surface area contributed by atoms with Gasteiger partial charge in [0.2, 0.25) is 5.91 Å². The molecule has 2 aromatic rings. The van der Waals surface area contributed by atoms with Crippen LogP contribution in [0.2, 0.25) is 0 Å². The van der Waals surface area contributed by atoms with Gasteiger partial charge in [0.25, 0.3) is 5.91 Å². The first kappa shape index (κ1) is 13.8. The molecule has 4 N–H and O–H groups in total. The van der Waals surface area contributed by atoms with Crippen LogP contribution in [-0.2, 0) is 4.79 Å². The lowest BCUT2D eigenvalue weighted by molar-refractivity contribution is -0.126. The van der Waals surface area contributed by atoms with Gasteiger partial charge >= 0.3 is 0 Å². The average molecular weight is 304 g/mol. The van der Waals surface area contributed by atoms with Crippen molar-refractivity contribution in [3.8, 4) is 0 Å².